The summed E-state index contributed by atoms with van der Waals surface area (Å²) in [6.07, 6.45) is 0.853. The molecule has 11 amide bonds. The van der Waals surface area contributed by atoms with Gasteiger partial charge in [-0.1, -0.05) is 104 Å². The number of imidazole rings is 1. The van der Waals surface area contributed by atoms with Gasteiger partial charge >= 0.3 is 0 Å². The molecule has 0 aliphatic rings. The maximum Gasteiger partial charge on any atom is 0.253 e. The summed E-state index contributed by atoms with van der Waals surface area (Å²) in [5, 5.41) is 57.4. The highest BCUT2D eigenvalue weighted by Crippen LogP contribution is 2.27. The average molecular weight is 1240 g/mol. The number of carbonyl (C=O) groups is 11. The molecule has 2 aromatic rings. The maximum atomic E-state index is 14.4. The fourth-order valence-electron chi connectivity index (χ4n) is 8.48. The van der Waals surface area contributed by atoms with E-state index in [0.717, 1.165) is 6.92 Å². The quantitative estimate of drug-likeness (QED) is 0.0427. The molecule has 0 aliphatic heterocycles. The van der Waals surface area contributed by atoms with Gasteiger partial charge in [-0.15, -0.1) is 0 Å². The number of halogens is 2. The van der Waals surface area contributed by atoms with Crippen LogP contribution in [-0.2, 0) is 54.4 Å². The zero-order chi connectivity index (χ0) is 64.8. The van der Waals surface area contributed by atoms with Crippen LogP contribution in [-0.4, -0.2) is 170 Å². The van der Waals surface area contributed by atoms with Gasteiger partial charge in [0.05, 0.1) is 45.9 Å². The first-order valence-electron chi connectivity index (χ1n) is 28.2. The maximum absolute atomic E-state index is 14.4. The Balaban J connectivity index is 2.48. The highest BCUT2D eigenvalue weighted by Gasteiger charge is 2.43. The molecular formula is C56H89Cl2N13O14. The molecule has 12 atom stereocenters. The van der Waals surface area contributed by atoms with Crippen molar-refractivity contribution in [3.63, 3.8) is 0 Å². The van der Waals surface area contributed by atoms with Crippen LogP contribution >= 0.6 is 23.2 Å². The first-order chi connectivity index (χ1) is 39.5. The number of H-pyrrole nitrogens is 1. The lowest BCUT2D eigenvalue weighted by molar-refractivity contribution is -0.140. The minimum absolute atomic E-state index is 0.00278. The van der Waals surface area contributed by atoms with Crippen molar-refractivity contribution < 1.29 is 68.1 Å². The third-order valence-corrected chi connectivity index (χ3v) is 15.0. The van der Waals surface area contributed by atoms with Crippen molar-refractivity contribution >= 4 is 88.2 Å². The molecule has 27 nitrogen and oxygen atoms in total. The van der Waals surface area contributed by atoms with E-state index in [1.807, 2.05) is 13.8 Å². The molecule has 0 saturated heterocycles. The number of amides is 11. The topological polar surface area (TPSA) is 423 Å². The monoisotopic (exact) mass is 1240 g/mol. The fourth-order valence-corrected chi connectivity index (χ4v) is 8.86. The molecule has 1 aromatic heterocycles. The summed E-state index contributed by atoms with van der Waals surface area (Å²) in [6, 6.07) is -9.22. The third kappa shape index (κ3) is 23.5. The van der Waals surface area contributed by atoms with Gasteiger partial charge in [0.2, 0.25) is 59.1 Å². The van der Waals surface area contributed by atoms with Crippen LogP contribution in [0.2, 0.25) is 10.0 Å². The number of primary amides is 1. The van der Waals surface area contributed by atoms with Crippen LogP contribution < -0.4 is 58.9 Å². The van der Waals surface area contributed by atoms with Crippen molar-refractivity contribution in [2.75, 3.05) is 13.7 Å². The molecule has 0 radical (unpaired) electrons. The highest BCUT2D eigenvalue weighted by molar-refractivity contribution is 6.43. The molecule has 0 saturated carbocycles. The Hall–Kier alpha value is -6.94. The second-order valence-corrected chi connectivity index (χ2v) is 24.0. The lowest BCUT2D eigenvalue weighted by Crippen LogP contribution is -2.66. The third-order valence-electron chi connectivity index (χ3n) is 14.1. The lowest BCUT2D eigenvalue weighted by atomic mass is 9.85. The van der Waals surface area contributed by atoms with Crippen molar-refractivity contribution in [2.24, 2.45) is 28.9 Å². The summed E-state index contributed by atoms with van der Waals surface area (Å²) in [4.78, 5) is 158. The van der Waals surface area contributed by atoms with Crippen LogP contribution in [0.4, 0.5) is 0 Å². The molecule has 476 valence electrons. The number of carbonyl (C=O) groups excluding carboxylic acids is 11. The number of nitrogens with one attached hydrogen (secondary N) is 11. The Kier molecular flexibility index (Phi) is 29.9. The smallest absolute Gasteiger partial charge is 0.253 e. The minimum Gasteiger partial charge on any atom is -0.394 e. The first kappa shape index (κ1) is 74.2. The van der Waals surface area contributed by atoms with Crippen molar-refractivity contribution in [3.05, 3.63) is 52.0 Å². The number of rotatable bonds is 34. The van der Waals surface area contributed by atoms with Crippen LogP contribution in [0.1, 0.15) is 138 Å². The largest absolute Gasteiger partial charge is 0.394 e. The van der Waals surface area contributed by atoms with Gasteiger partial charge in [0, 0.05) is 26.1 Å². The molecule has 1 aromatic carbocycles. The van der Waals surface area contributed by atoms with Gasteiger partial charge in [-0.3, -0.25) is 52.7 Å². The number of aromatic nitrogens is 2. The Morgan fingerprint density at radius 2 is 1.09 bits per heavy atom. The normalized spacial score (nSPS) is 15.9. The van der Waals surface area contributed by atoms with E-state index in [-0.39, 0.29) is 46.5 Å². The van der Waals surface area contributed by atoms with E-state index < -0.39 is 168 Å². The molecule has 1 heterocycles. The minimum atomic E-state index is -2.04. The number of benzene rings is 1. The summed E-state index contributed by atoms with van der Waals surface area (Å²) >= 11 is 12.5. The Morgan fingerprint density at radius 1 is 0.612 bits per heavy atom. The zero-order valence-corrected chi connectivity index (χ0v) is 52.2. The Labute approximate surface area is 506 Å². The van der Waals surface area contributed by atoms with Crippen LogP contribution in [0.25, 0.3) is 0 Å². The van der Waals surface area contributed by atoms with Crippen molar-refractivity contribution in [3.8, 4) is 0 Å². The van der Waals surface area contributed by atoms with Gasteiger partial charge in [-0.05, 0) is 75.3 Å². The fraction of sp³-hybridized carbons (Fsp3) is 0.643. The van der Waals surface area contributed by atoms with E-state index in [2.05, 4.69) is 63.1 Å². The summed E-state index contributed by atoms with van der Waals surface area (Å²) in [5.74, 6) is -11.3. The average Bonchev–Trinajstić information content (AvgIpc) is 4.09. The van der Waals surface area contributed by atoms with Crippen LogP contribution in [0.3, 0.4) is 0 Å². The first-order valence-corrected chi connectivity index (χ1v) is 28.9. The molecule has 0 aliphatic carbocycles. The summed E-state index contributed by atoms with van der Waals surface area (Å²) in [6.45, 7) is 18.3. The van der Waals surface area contributed by atoms with Gasteiger partial charge in [0.15, 0.2) is 0 Å². The molecule has 0 bridgehead atoms. The molecule has 2 rings (SSSR count). The second-order valence-electron chi connectivity index (χ2n) is 23.2. The van der Waals surface area contributed by atoms with E-state index in [1.165, 1.54) is 51.6 Å². The molecule has 16 N–H and O–H groups in total. The number of likely N-dealkylation sites (N-methyl/N-ethyl adjacent to an activating group) is 1. The van der Waals surface area contributed by atoms with E-state index in [0.29, 0.717) is 12.8 Å². The highest BCUT2D eigenvalue weighted by atomic mass is 35.5. The molecule has 0 spiro atoms. The molecule has 29 heteroatoms. The van der Waals surface area contributed by atoms with Crippen molar-refractivity contribution in [2.45, 2.75) is 194 Å². The van der Waals surface area contributed by atoms with Crippen molar-refractivity contribution in [1.82, 2.24) is 63.1 Å². The van der Waals surface area contributed by atoms with Gasteiger partial charge < -0.3 is 79.2 Å². The number of aromatic amines is 1. The van der Waals surface area contributed by atoms with E-state index in [9.17, 15) is 68.1 Å². The SMILES string of the molecule is CC[C@H](C)[C@H](NC(=O)[C@@H](NC(=O)c1cccc(Cl)c1Cl)C(C)(C)C)C(=O)N[C@H](C(=O)N[C@H](C(=O)N[C@H](C(=O)N[C@@H](CCC(N)=O)C(=O)N[C@@H](Cc1c[nH]cn1)C(=O)N[C@H](CCC(C)C)C(=O)N[C@@H](CO)C(=O)NC)[C@@H](C)O)[C@@H](C)CC)C(C)(C)O. The number of aliphatic hydroxyl groups excluding tert-OH is 2. The van der Waals surface area contributed by atoms with Gasteiger partial charge in [-0.25, -0.2) is 4.98 Å². The van der Waals surface area contributed by atoms with Crippen LogP contribution in [0, 0.1) is 23.2 Å². The molecule has 0 fully saturated rings. The number of hydrogen-bond acceptors (Lipinski definition) is 15. The van der Waals surface area contributed by atoms with Crippen LogP contribution in [0.5, 0.6) is 0 Å². The number of aliphatic hydroxyl groups is 3. The van der Waals surface area contributed by atoms with Crippen molar-refractivity contribution in [1.29, 1.82) is 0 Å². The van der Waals surface area contributed by atoms with Gasteiger partial charge in [-0.2, -0.15) is 0 Å². The van der Waals surface area contributed by atoms with E-state index >= 15 is 0 Å². The lowest BCUT2D eigenvalue weighted by Gasteiger charge is -2.35. The number of hydrogen-bond donors (Lipinski definition) is 15. The molecule has 0 unspecified atom stereocenters. The van der Waals surface area contributed by atoms with Gasteiger partial charge in [0.1, 0.15) is 54.4 Å². The molecule has 85 heavy (non-hydrogen) atoms. The standard InChI is InChI=1S/C56H89Cl2N13O14/c1-14-28(5)40(68-54(84)44(56(11,12)85)71-51(81)41(29(6)15-2)67-53(83)43(55(8,9)10)70-45(75)32-17-16-18-33(57)39(32)58)50(80)69-42(30(7)73)52(82)64-35(21-22-38(59)74)47(77)65-36(23-31-24-61-26-62-31)49(79)63-34(20-19-27(3)4)48(78)66-37(25-72)46(76)60-13/h16-18,24,26-30,34-37,40-44,72-73,85H,14-15,19-23,25H2,1-13H3,(H2,59,74)(H,60,76)(H,61,62)(H,63,79)(H,64,82)(H,65,77)(H,66,78)(H,67,83)(H,68,84)(H,69,80)(H,70,75)(H,71,81)/t28-,29-,30+,34+,35-,36-,37-,40-,41-,42-,43+,44+/m0/s1. The second kappa shape index (κ2) is 34.3. The molecular weight excluding hydrogens is 1150 g/mol. The predicted molar refractivity (Wildman–Crippen MR) is 315 cm³/mol. The van der Waals surface area contributed by atoms with Gasteiger partial charge in [0.25, 0.3) is 5.91 Å². The summed E-state index contributed by atoms with van der Waals surface area (Å²) in [5.41, 5.74) is 2.74. The number of nitrogens with zero attached hydrogens (tertiary/aromatic N) is 1. The Bertz CT molecular complexity index is 2630. The predicted octanol–water partition coefficient (Wildman–Crippen LogP) is -0.334. The van der Waals surface area contributed by atoms with E-state index in [4.69, 9.17) is 28.9 Å². The summed E-state index contributed by atoms with van der Waals surface area (Å²) < 4.78 is 0. The zero-order valence-electron chi connectivity index (χ0n) is 50.7. The Morgan fingerprint density at radius 3 is 1.56 bits per heavy atom. The summed E-state index contributed by atoms with van der Waals surface area (Å²) in [7, 11) is 1.31. The number of nitrogens with two attached hydrogens (primary N) is 1. The van der Waals surface area contributed by atoms with Crippen LogP contribution in [0.15, 0.2) is 30.7 Å². The van der Waals surface area contributed by atoms with E-state index in [1.54, 1.807) is 48.5 Å².